The van der Waals surface area contributed by atoms with Gasteiger partial charge in [-0.3, -0.25) is 18.7 Å². The van der Waals surface area contributed by atoms with Crippen LogP contribution in [-0.4, -0.2) is 24.5 Å². The Kier molecular flexibility index (Phi) is 4.66. The number of hydrogen-bond acceptors (Lipinski definition) is 4. The van der Waals surface area contributed by atoms with E-state index >= 15 is 0 Å². The Morgan fingerprint density at radius 2 is 1.92 bits per heavy atom. The van der Waals surface area contributed by atoms with Gasteiger partial charge in [-0.15, -0.1) is 0 Å². The first-order chi connectivity index (χ1) is 11.8. The molecule has 7 nitrogen and oxygen atoms in total. The lowest BCUT2D eigenvalue weighted by molar-refractivity contribution is -0.117. The number of halogens is 2. The Labute approximate surface area is 155 Å². The third-order valence-corrected chi connectivity index (χ3v) is 4.83. The maximum Gasteiger partial charge on any atom is 0.332 e. The molecule has 130 valence electrons. The zero-order chi connectivity index (χ0) is 18.3. The minimum Gasteiger partial charge on any atom is -0.305 e. The lowest BCUT2D eigenvalue weighted by Gasteiger charge is -2.10. The van der Waals surface area contributed by atoms with Crippen LogP contribution >= 0.6 is 27.5 Å². The molecular formula is C16H14BrClN4O3. The smallest absolute Gasteiger partial charge is 0.305 e. The van der Waals surface area contributed by atoms with Crippen molar-refractivity contribution in [3.8, 4) is 0 Å². The second-order valence-electron chi connectivity index (χ2n) is 5.67. The quantitative estimate of drug-likeness (QED) is 0.599. The number of hydrogen-bond donors (Lipinski definition) is 0. The number of carbonyl (C=O) groups excluding carboxylic acids is 1. The van der Waals surface area contributed by atoms with Crippen LogP contribution in [-0.2, 0) is 24.9 Å². The van der Waals surface area contributed by atoms with Gasteiger partial charge < -0.3 is 4.57 Å². The average molecular weight is 426 g/mol. The fourth-order valence-corrected chi connectivity index (χ4v) is 3.31. The first-order valence-electron chi connectivity index (χ1n) is 7.39. The van der Waals surface area contributed by atoms with Gasteiger partial charge in [-0.2, -0.15) is 0 Å². The highest BCUT2D eigenvalue weighted by atomic mass is 79.9. The molecule has 0 atom stereocenters. The molecule has 0 saturated carbocycles. The fourth-order valence-electron chi connectivity index (χ4n) is 2.65. The highest BCUT2D eigenvalue weighted by Crippen LogP contribution is 2.18. The summed E-state index contributed by atoms with van der Waals surface area (Å²) >= 11 is 9.40. The van der Waals surface area contributed by atoms with Crippen LogP contribution in [0.1, 0.15) is 12.5 Å². The number of fused-ring (bicyclic) bond motifs is 1. The van der Waals surface area contributed by atoms with Gasteiger partial charge in [-0.25, -0.2) is 9.78 Å². The first kappa shape index (κ1) is 17.6. The number of aromatic nitrogens is 4. The third-order valence-electron chi connectivity index (χ3n) is 3.85. The lowest BCUT2D eigenvalue weighted by Crippen LogP contribution is -2.40. The maximum atomic E-state index is 12.9. The number of carbonyl (C=O) groups is 1. The van der Waals surface area contributed by atoms with Crippen LogP contribution in [0.3, 0.4) is 0 Å². The molecule has 0 unspecified atom stereocenters. The van der Waals surface area contributed by atoms with E-state index in [1.807, 2.05) is 0 Å². The minimum atomic E-state index is -0.516. The van der Waals surface area contributed by atoms with Gasteiger partial charge >= 0.3 is 5.69 Å². The van der Waals surface area contributed by atoms with Gasteiger partial charge in [-0.1, -0.05) is 29.8 Å². The summed E-state index contributed by atoms with van der Waals surface area (Å²) < 4.78 is 4.16. The number of rotatable bonds is 4. The van der Waals surface area contributed by atoms with Gasteiger partial charge in [0.15, 0.2) is 15.9 Å². The molecule has 0 bridgehead atoms. The molecule has 0 radical (unpaired) electrons. The van der Waals surface area contributed by atoms with E-state index in [9.17, 15) is 14.4 Å². The predicted octanol–water partition coefficient (Wildman–Crippen LogP) is 1.95. The molecule has 0 fully saturated rings. The van der Waals surface area contributed by atoms with E-state index in [4.69, 9.17) is 11.6 Å². The van der Waals surface area contributed by atoms with Gasteiger partial charge in [0.25, 0.3) is 5.56 Å². The topological polar surface area (TPSA) is 78.9 Å². The van der Waals surface area contributed by atoms with Crippen molar-refractivity contribution in [2.45, 2.75) is 20.0 Å². The molecule has 0 aliphatic carbocycles. The third kappa shape index (κ3) is 3.07. The number of ketones is 1. The van der Waals surface area contributed by atoms with Crippen LogP contribution in [0.15, 0.2) is 38.6 Å². The van der Waals surface area contributed by atoms with Crippen molar-refractivity contribution in [3.63, 3.8) is 0 Å². The first-order valence-corrected chi connectivity index (χ1v) is 8.56. The Hall–Kier alpha value is -2.19. The molecule has 25 heavy (non-hydrogen) atoms. The Morgan fingerprint density at radius 3 is 2.56 bits per heavy atom. The summed E-state index contributed by atoms with van der Waals surface area (Å²) in [5, 5.41) is 0.468. The molecule has 0 aliphatic rings. The van der Waals surface area contributed by atoms with Crippen molar-refractivity contribution in [3.05, 3.63) is 60.4 Å². The second-order valence-corrected chi connectivity index (χ2v) is 6.78. The van der Waals surface area contributed by atoms with Crippen molar-refractivity contribution >= 4 is 44.5 Å². The van der Waals surface area contributed by atoms with Crippen LogP contribution in [0.4, 0.5) is 0 Å². The zero-order valence-corrected chi connectivity index (χ0v) is 15.8. The SMILES string of the molecule is CC(=O)Cn1c(Br)nc2c1c(=O)n(Cc1ccccc1Cl)c(=O)n2C. The monoisotopic (exact) mass is 424 g/mol. The van der Waals surface area contributed by atoms with Gasteiger partial charge in [0, 0.05) is 12.1 Å². The number of benzene rings is 1. The number of aryl methyl sites for hydroxylation is 1. The molecule has 2 aromatic heterocycles. The number of nitrogens with zero attached hydrogens (tertiary/aromatic N) is 4. The van der Waals surface area contributed by atoms with Crippen LogP contribution < -0.4 is 11.2 Å². The normalized spacial score (nSPS) is 11.2. The number of imidazole rings is 1. The molecule has 0 aliphatic heterocycles. The molecule has 3 aromatic rings. The largest absolute Gasteiger partial charge is 0.332 e. The molecule has 0 spiro atoms. The molecule has 9 heteroatoms. The standard InChI is InChI=1S/C16H14BrClN4O3/c1-9(23)7-21-12-13(19-15(21)17)20(2)16(25)22(14(12)24)8-10-5-3-4-6-11(10)18/h3-6H,7-8H2,1-2H3. The zero-order valence-electron chi connectivity index (χ0n) is 13.5. The van der Waals surface area contributed by atoms with Gasteiger partial charge in [0.2, 0.25) is 0 Å². The maximum absolute atomic E-state index is 12.9. The molecule has 1 aromatic carbocycles. The van der Waals surface area contributed by atoms with Crippen LogP contribution in [0.5, 0.6) is 0 Å². The molecule has 0 saturated heterocycles. The van der Waals surface area contributed by atoms with Crippen molar-refractivity contribution in [1.82, 2.24) is 18.7 Å². The van der Waals surface area contributed by atoms with Crippen molar-refractivity contribution in [2.24, 2.45) is 7.05 Å². The summed E-state index contributed by atoms with van der Waals surface area (Å²) in [6.07, 6.45) is 0. The molecule has 0 amide bonds. The van der Waals surface area contributed by atoms with Crippen molar-refractivity contribution in [2.75, 3.05) is 0 Å². The van der Waals surface area contributed by atoms with E-state index in [2.05, 4.69) is 20.9 Å². The van der Waals surface area contributed by atoms with Crippen molar-refractivity contribution in [1.29, 1.82) is 0 Å². The molecule has 2 heterocycles. The van der Waals surface area contributed by atoms with Gasteiger partial charge in [0.1, 0.15) is 5.78 Å². The van der Waals surface area contributed by atoms with E-state index in [-0.39, 0.29) is 30.0 Å². The molecular weight excluding hydrogens is 412 g/mol. The summed E-state index contributed by atoms with van der Waals surface area (Å²) in [4.78, 5) is 41.3. The van der Waals surface area contributed by atoms with E-state index < -0.39 is 11.2 Å². The minimum absolute atomic E-state index is 0.0172. The Balaban J connectivity index is 2.30. The van der Waals surface area contributed by atoms with Crippen LogP contribution in [0.25, 0.3) is 11.2 Å². The highest BCUT2D eigenvalue weighted by Gasteiger charge is 2.20. The predicted molar refractivity (Wildman–Crippen MR) is 98.2 cm³/mol. The number of Topliss-reactive ketones (excluding diaryl/α,β-unsaturated/α-hetero) is 1. The van der Waals surface area contributed by atoms with E-state index in [1.165, 1.54) is 23.1 Å². The van der Waals surface area contributed by atoms with Gasteiger partial charge in [0.05, 0.1) is 13.1 Å². The van der Waals surface area contributed by atoms with Gasteiger partial charge in [-0.05, 0) is 34.5 Å². The van der Waals surface area contributed by atoms with E-state index in [1.54, 1.807) is 24.3 Å². The summed E-state index contributed by atoms with van der Waals surface area (Å²) in [5.41, 5.74) is 0.0454. The Morgan fingerprint density at radius 1 is 1.24 bits per heavy atom. The summed E-state index contributed by atoms with van der Waals surface area (Å²) in [7, 11) is 1.53. The fraction of sp³-hybridized carbons (Fsp3) is 0.250. The lowest BCUT2D eigenvalue weighted by atomic mass is 10.2. The Bertz CT molecular complexity index is 1110. The van der Waals surface area contributed by atoms with Crippen molar-refractivity contribution < 1.29 is 4.79 Å². The summed E-state index contributed by atoms with van der Waals surface area (Å²) in [6, 6.07) is 7.00. The van der Waals surface area contributed by atoms with Crippen LogP contribution in [0, 0.1) is 0 Å². The molecule has 3 rings (SSSR count). The summed E-state index contributed by atoms with van der Waals surface area (Å²) in [6.45, 7) is 1.43. The van der Waals surface area contributed by atoms with E-state index in [0.29, 0.717) is 15.3 Å². The average Bonchev–Trinajstić information content (AvgIpc) is 2.87. The summed E-state index contributed by atoms with van der Waals surface area (Å²) in [5.74, 6) is -0.133. The second kappa shape index (κ2) is 6.61. The van der Waals surface area contributed by atoms with Crippen LogP contribution in [0.2, 0.25) is 5.02 Å². The molecule has 0 N–H and O–H groups in total. The highest BCUT2D eigenvalue weighted by molar-refractivity contribution is 9.10. The van der Waals surface area contributed by atoms with E-state index in [0.717, 1.165) is 4.57 Å².